The highest BCUT2D eigenvalue weighted by atomic mass is 16.3. The number of anilines is 2. The van der Waals surface area contributed by atoms with Crippen molar-refractivity contribution < 1.29 is 14.7 Å². The van der Waals surface area contributed by atoms with E-state index in [0.29, 0.717) is 23.4 Å². The molecule has 0 aromatic heterocycles. The van der Waals surface area contributed by atoms with Crippen LogP contribution in [0.25, 0.3) is 0 Å². The standard InChI is InChI=1S/C25H24N2O3/c1-26(2)20-14-12-19(13-15-20)23(28)16-25(30)21-10-6-7-11-22(21)27(24(25)29)17-18-8-4-3-5-9-18/h3-15,30H,16-17H2,1-2H3/t25-/m0/s1. The molecule has 0 unspecified atom stereocenters. The second-order valence-corrected chi connectivity index (χ2v) is 7.80. The number of ketones is 1. The van der Waals surface area contributed by atoms with Crippen LogP contribution in [0.4, 0.5) is 11.4 Å². The van der Waals surface area contributed by atoms with Gasteiger partial charge in [0.1, 0.15) is 0 Å². The minimum atomic E-state index is -1.87. The fraction of sp³-hybridized carbons (Fsp3) is 0.200. The Morgan fingerprint density at radius 1 is 0.933 bits per heavy atom. The molecule has 0 spiro atoms. The van der Waals surface area contributed by atoms with Crippen molar-refractivity contribution >= 4 is 23.1 Å². The number of carbonyl (C=O) groups excluding carboxylic acids is 2. The Morgan fingerprint density at radius 3 is 2.23 bits per heavy atom. The molecule has 4 rings (SSSR count). The largest absolute Gasteiger partial charge is 0.378 e. The lowest BCUT2D eigenvalue weighted by atomic mass is 9.88. The van der Waals surface area contributed by atoms with Crippen molar-refractivity contribution in [3.63, 3.8) is 0 Å². The van der Waals surface area contributed by atoms with Crippen molar-refractivity contribution in [2.24, 2.45) is 0 Å². The van der Waals surface area contributed by atoms with Gasteiger partial charge in [-0.25, -0.2) is 0 Å². The van der Waals surface area contributed by atoms with Gasteiger partial charge in [0.05, 0.1) is 18.7 Å². The Balaban J connectivity index is 1.63. The van der Waals surface area contributed by atoms with Crippen LogP contribution in [0.2, 0.25) is 0 Å². The van der Waals surface area contributed by atoms with Crippen LogP contribution in [0.1, 0.15) is 27.9 Å². The van der Waals surface area contributed by atoms with Crippen LogP contribution in [0, 0.1) is 0 Å². The molecular formula is C25H24N2O3. The molecule has 0 saturated carbocycles. The number of aliphatic hydroxyl groups is 1. The summed E-state index contributed by atoms with van der Waals surface area (Å²) in [5, 5.41) is 11.4. The summed E-state index contributed by atoms with van der Waals surface area (Å²) >= 11 is 0. The topological polar surface area (TPSA) is 60.9 Å². The van der Waals surface area contributed by atoms with Gasteiger partial charge in [-0.2, -0.15) is 0 Å². The van der Waals surface area contributed by atoms with Crippen LogP contribution in [0.5, 0.6) is 0 Å². The second kappa shape index (κ2) is 7.76. The number of nitrogens with zero attached hydrogens (tertiary/aromatic N) is 2. The summed E-state index contributed by atoms with van der Waals surface area (Å²) in [7, 11) is 3.85. The lowest BCUT2D eigenvalue weighted by Gasteiger charge is -2.23. The number of benzene rings is 3. The van der Waals surface area contributed by atoms with Gasteiger partial charge in [-0.1, -0.05) is 48.5 Å². The molecule has 1 atom stereocenters. The van der Waals surface area contributed by atoms with Gasteiger partial charge in [-0.05, 0) is 35.9 Å². The summed E-state index contributed by atoms with van der Waals surface area (Å²) in [6.07, 6.45) is -0.296. The summed E-state index contributed by atoms with van der Waals surface area (Å²) in [6.45, 7) is 0.338. The maximum Gasteiger partial charge on any atom is 0.264 e. The minimum Gasteiger partial charge on any atom is -0.378 e. The molecule has 5 heteroatoms. The monoisotopic (exact) mass is 400 g/mol. The molecule has 1 N–H and O–H groups in total. The number of amides is 1. The number of Topliss-reactive ketones (excluding diaryl/α,β-unsaturated/α-hetero) is 1. The third kappa shape index (κ3) is 3.48. The molecule has 0 saturated heterocycles. The molecule has 152 valence electrons. The highest BCUT2D eigenvalue weighted by molar-refractivity contribution is 6.10. The summed E-state index contributed by atoms with van der Waals surface area (Å²) in [4.78, 5) is 29.8. The fourth-order valence-corrected chi connectivity index (χ4v) is 3.88. The molecule has 5 nitrogen and oxygen atoms in total. The van der Waals surface area contributed by atoms with E-state index in [-0.39, 0.29) is 12.2 Å². The van der Waals surface area contributed by atoms with Crippen molar-refractivity contribution in [3.8, 4) is 0 Å². The molecular weight excluding hydrogens is 376 g/mol. The summed E-state index contributed by atoms with van der Waals surface area (Å²) < 4.78 is 0. The lowest BCUT2D eigenvalue weighted by molar-refractivity contribution is -0.136. The van der Waals surface area contributed by atoms with Crippen LogP contribution in [-0.2, 0) is 16.9 Å². The molecule has 1 aliphatic heterocycles. The molecule has 1 aliphatic rings. The molecule has 3 aromatic carbocycles. The number of para-hydroxylation sites is 1. The molecule has 0 fully saturated rings. The fourth-order valence-electron chi connectivity index (χ4n) is 3.88. The van der Waals surface area contributed by atoms with Crippen LogP contribution in [-0.4, -0.2) is 30.9 Å². The predicted octanol–water partition coefficient (Wildman–Crippen LogP) is 3.76. The molecule has 3 aromatic rings. The quantitative estimate of drug-likeness (QED) is 0.640. The first kappa shape index (κ1) is 19.9. The summed E-state index contributed by atoms with van der Waals surface area (Å²) in [5.74, 6) is -0.738. The smallest absolute Gasteiger partial charge is 0.264 e. The third-order valence-electron chi connectivity index (χ3n) is 5.54. The molecule has 0 bridgehead atoms. The zero-order valence-electron chi connectivity index (χ0n) is 17.1. The maximum absolute atomic E-state index is 13.3. The number of rotatable bonds is 6. The van der Waals surface area contributed by atoms with E-state index in [9.17, 15) is 14.7 Å². The third-order valence-corrected chi connectivity index (χ3v) is 5.54. The van der Waals surface area contributed by atoms with Gasteiger partial charge in [0, 0.05) is 30.9 Å². The van der Waals surface area contributed by atoms with E-state index < -0.39 is 11.5 Å². The highest BCUT2D eigenvalue weighted by Gasteiger charge is 2.50. The average molecular weight is 400 g/mol. The van der Waals surface area contributed by atoms with E-state index in [4.69, 9.17) is 0 Å². The van der Waals surface area contributed by atoms with Crippen molar-refractivity contribution in [1.29, 1.82) is 0 Å². The molecule has 1 amide bonds. The normalized spacial score (nSPS) is 17.7. The Labute approximate surface area is 176 Å². The van der Waals surface area contributed by atoms with Gasteiger partial charge in [-0.3, -0.25) is 9.59 Å². The van der Waals surface area contributed by atoms with E-state index in [1.165, 1.54) is 0 Å². The van der Waals surface area contributed by atoms with Crippen molar-refractivity contribution in [2.75, 3.05) is 23.9 Å². The first-order valence-electron chi connectivity index (χ1n) is 9.88. The van der Waals surface area contributed by atoms with Gasteiger partial charge in [0.2, 0.25) is 0 Å². The van der Waals surface area contributed by atoms with Crippen molar-refractivity contribution in [2.45, 2.75) is 18.6 Å². The zero-order chi connectivity index (χ0) is 21.3. The molecule has 0 aliphatic carbocycles. The van der Waals surface area contributed by atoms with E-state index in [1.54, 1.807) is 29.2 Å². The molecule has 30 heavy (non-hydrogen) atoms. The first-order chi connectivity index (χ1) is 14.4. The maximum atomic E-state index is 13.3. The van der Waals surface area contributed by atoms with Gasteiger partial charge in [0.25, 0.3) is 5.91 Å². The predicted molar refractivity (Wildman–Crippen MR) is 118 cm³/mol. The number of hydrogen-bond donors (Lipinski definition) is 1. The average Bonchev–Trinajstić information content (AvgIpc) is 2.96. The Kier molecular flexibility index (Phi) is 5.14. The van der Waals surface area contributed by atoms with Crippen molar-refractivity contribution in [1.82, 2.24) is 0 Å². The summed E-state index contributed by atoms with van der Waals surface area (Å²) in [5.41, 5.74) is 1.65. The lowest BCUT2D eigenvalue weighted by Crippen LogP contribution is -2.41. The first-order valence-corrected chi connectivity index (χ1v) is 9.88. The number of carbonyl (C=O) groups is 2. The SMILES string of the molecule is CN(C)c1ccc(C(=O)C[C@@]2(O)C(=O)N(Cc3ccccc3)c3ccccc32)cc1. The number of hydrogen-bond acceptors (Lipinski definition) is 4. The minimum absolute atomic E-state index is 0.271. The van der Waals surface area contributed by atoms with Gasteiger partial charge >= 0.3 is 0 Å². The van der Waals surface area contributed by atoms with Gasteiger partial charge in [0.15, 0.2) is 11.4 Å². The molecule has 1 heterocycles. The second-order valence-electron chi connectivity index (χ2n) is 7.80. The summed E-state index contributed by atoms with van der Waals surface area (Å²) in [6, 6.07) is 23.9. The van der Waals surface area contributed by atoms with Crippen LogP contribution < -0.4 is 9.80 Å². The zero-order valence-corrected chi connectivity index (χ0v) is 17.1. The van der Waals surface area contributed by atoms with Crippen molar-refractivity contribution in [3.05, 3.63) is 95.6 Å². The van der Waals surface area contributed by atoms with E-state index in [0.717, 1.165) is 11.3 Å². The Bertz CT molecular complexity index is 1080. The Hall–Kier alpha value is -3.44. The van der Waals surface area contributed by atoms with Crippen LogP contribution >= 0.6 is 0 Å². The van der Waals surface area contributed by atoms with E-state index in [1.807, 2.05) is 73.6 Å². The van der Waals surface area contributed by atoms with E-state index in [2.05, 4.69) is 0 Å². The molecule has 0 radical (unpaired) electrons. The van der Waals surface area contributed by atoms with Crippen LogP contribution in [0.15, 0.2) is 78.9 Å². The van der Waals surface area contributed by atoms with Crippen LogP contribution in [0.3, 0.4) is 0 Å². The number of fused-ring (bicyclic) bond motifs is 1. The van der Waals surface area contributed by atoms with Gasteiger partial charge in [-0.15, -0.1) is 0 Å². The van der Waals surface area contributed by atoms with E-state index >= 15 is 0 Å². The highest BCUT2D eigenvalue weighted by Crippen LogP contribution is 2.43. The van der Waals surface area contributed by atoms with Gasteiger partial charge < -0.3 is 14.9 Å². The Morgan fingerprint density at radius 2 is 1.57 bits per heavy atom.